The number of hydrogen-bond acceptors (Lipinski definition) is 3. The minimum Gasteiger partial charge on any atom is -0.378 e. The molecule has 0 aliphatic carbocycles. The summed E-state index contributed by atoms with van der Waals surface area (Å²) in [4.78, 5) is 17.6. The molecule has 0 radical (unpaired) electrons. The number of rotatable bonds is 2. The number of amides is 1. The molecule has 0 bridgehead atoms. The second kappa shape index (κ2) is 5.27. The van der Waals surface area contributed by atoms with Crippen molar-refractivity contribution in [2.75, 3.05) is 26.3 Å². The van der Waals surface area contributed by atoms with E-state index >= 15 is 0 Å². The molecule has 0 unspecified atom stereocenters. The Balaban J connectivity index is 1.96. The van der Waals surface area contributed by atoms with Crippen LogP contribution in [0.15, 0.2) is 18.3 Å². The van der Waals surface area contributed by atoms with Crippen molar-refractivity contribution in [1.82, 2.24) is 9.88 Å². The highest BCUT2D eigenvalue weighted by atomic mass is 35.5. The Morgan fingerprint density at radius 1 is 1.50 bits per heavy atom. The molecule has 1 aliphatic rings. The van der Waals surface area contributed by atoms with E-state index < -0.39 is 0 Å². The average Bonchev–Trinajstić information content (AvgIpc) is 2.30. The number of nitrogens with zero attached hydrogens (tertiary/aromatic N) is 2. The molecule has 16 heavy (non-hydrogen) atoms. The third-order valence-electron chi connectivity index (χ3n) is 2.51. The fourth-order valence-corrected chi connectivity index (χ4v) is 1.85. The first kappa shape index (κ1) is 11.4. The van der Waals surface area contributed by atoms with E-state index in [1.54, 1.807) is 12.3 Å². The van der Waals surface area contributed by atoms with Gasteiger partial charge in [-0.25, -0.2) is 4.98 Å². The SMILES string of the molecule is O=C(Cc1ccnc(Cl)c1)N1CCOCC1. The molecule has 1 aliphatic heterocycles. The number of ether oxygens (including phenoxy) is 1. The van der Waals surface area contributed by atoms with Gasteiger partial charge in [0.1, 0.15) is 5.15 Å². The minimum absolute atomic E-state index is 0.116. The Labute approximate surface area is 99.2 Å². The molecule has 1 saturated heterocycles. The summed E-state index contributed by atoms with van der Waals surface area (Å²) < 4.78 is 5.19. The van der Waals surface area contributed by atoms with Crippen LogP contribution in [-0.2, 0) is 16.0 Å². The third kappa shape index (κ3) is 2.93. The van der Waals surface area contributed by atoms with Gasteiger partial charge in [-0.05, 0) is 17.7 Å². The summed E-state index contributed by atoms with van der Waals surface area (Å²) in [5.74, 6) is 0.116. The van der Waals surface area contributed by atoms with E-state index in [9.17, 15) is 4.79 Å². The van der Waals surface area contributed by atoms with Crippen molar-refractivity contribution < 1.29 is 9.53 Å². The number of halogens is 1. The van der Waals surface area contributed by atoms with Gasteiger partial charge in [0.15, 0.2) is 0 Å². The highest BCUT2D eigenvalue weighted by Gasteiger charge is 2.16. The van der Waals surface area contributed by atoms with Crippen molar-refractivity contribution in [2.24, 2.45) is 0 Å². The van der Waals surface area contributed by atoms with Gasteiger partial charge < -0.3 is 9.64 Å². The van der Waals surface area contributed by atoms with Crippen LogP contribution in [0.2, 0.25) is 5.15 Å². The van der Waals surface area contributed by atoms with E-state index in [1.807, 2.05) is 11.0 Å². The molecule has 5 heteroatoms. The van der Waals surface area contributed by atoms with Gasteiger partial charge in [0.05, 0.1) is 19.6 Å². The smallest absolute Gasteiger partial charge is 0.227 e. The van der Waals surface area contributed by atoms with Crippen LogP contribution in [0.3, 0.4) is 0 Å². The number of aromatic nitrogens is 1. The predicted molar refractivity (Wildman–Crippen MR) is 60.4 cm³/mol. The maximum Gasteiger partial charge on any atom is 0.227 e. The topological polar surface area (TPSA) is 42.4 Å². The van der Waals surface area contributed by atoms with E-state index in [0.29, 0.717) is 37.9 Å². The highest BCUT2D eigenvalue weighted by Crippen LogP contribution is 2.09. The fraction of sp³-hybridized carbons (Fsp3) is 0.455. The molecule has 2 heterocycles. The zero-order chi connectivity index (χ0) is 11.4. The standard InChI is InChI=1S/C11H13ClN2O2/c12-10-7-9(1-2-13-10)8-11(15)14-3-5-16-6-4-14/h1-2,7H,3-6,8H2. The Kier molecular flexibility index (Phi) is 3.74. The normalized spacial score (nSPS) is 16.2. The fourth-order valence-electron chi connectivity index (χ4n) is 1.65. The average molecular weight is 241 g/mol. The van der Waals surface area contributed by atoms with E-state index in [-0.39, 0.29) is 5.91 Å². The summed E-state index contributed by atoms with van der Waals surface area (Å²) >= 11 is 5.76. The lowest BCUT2D eigenvalue weighted by Crippen LogP contribution is -2.41. The van der Waals surface area contributed by atoms with Crippen LogP contribution >= 0.6 is 11.6 Å². The molecule has 0 N–H and O–H groups in total. The predicted octanol–water partition coefficient (Wildman–Crippen LogP) is 1.14. The molecule has 0 aromatic carbocycles. The zero-order valence-electron chi connectivity index (χ0n) is 8.86. The number of hydrogen-bond donors (Lipinski definition) is 0. The van der Waals surface area contributed by atoms with Gasteiger partial charge in [-0.2, -0.15) is 0 Å². The molecule has 2 rings (SSSR count). The maximum absolute atomic E-state index is 11.9. The van der Waals surface area contributed by atoms with Crippen molar-refractivity contribution in [2.45, 2.75) is 6.42 Å². The van der Waals surface area contributed by atoms with Crippen molar-refractivity contribution >= 4 is 17.5 Å². The first-order valence-electron chi connectivity index (χ1n) is 5.21. The summed E-state index contributed by atoms with van der Waals surface area (Å²) in [6.45, 7) is 2.61. The second-order valence-corrected chi connectivity index (χ2v) is 4.04. The van der Waals surface area contributed by atoms with E-state index in [2.05, 4.69) is 4.98 Å². The zero-order valence-corrected chi connectivity index (χ0v) is 9.61. The third-order valence-corrected chi connectivity index (χ3v) is 2.72. The molecule has 1 aromatic heterocycles. The number of pyridine rings is 1. The summed E-state index contributed by atoms with van der Waals surface area (Å²) in [6.07, 6.45) is 1.99. The number of carbonyl (C=O) groups excluding carboxylic acids is 1. The van der Waals surface area contributed by atoms with Crippen molar-refractivity contribution in [1.29, 1.82) is 0 Å². The van der Waals surface area contributed by atoms with Crippen LogP contribution in [0.4, 0.5) is 0 Å². The molecule has 1 aromatic rings. The van der Waals surface area contributed by atoms with Crippen LogP contribution in [-0.4, -0.2) is 42.1 Å². The molecule has 86 valence electrons. The lowest BCUT2D eigenvalue weighted by Gasteiger charge is -2.26. The van der Waals surface area contributed by atoms with Gasteiger partial charge in [-0.3, -0.25) is 4.79 Å². The Bertz CT molecular complexity index is 378. The van der Waals surface area contributed by atoms with Gasteiger partial charge in [0.2, 0.25) is 5.91 Å². The first-order valence-corrected chi connectivity index (χ1v) is 5.59. The molecule has 1 amide bonds. The van der Waals surface area contributed by atoms with Gasteiger partial charge in [-0.1, -0.05) is 11.6 Å². The molecule has 0 saturated carbocycles. The summed E-state index contributed by atoms with van der Waals surface area (Å²) in [5, 5.41) is 0.423. The van der Waals surface area contributed by atoms with Crippen LogP contribution in [0.5, 0.6) is 0 Å². The van der Waals surface area contributed by atoms with Gasteiger partial charge in [0, 0.05) is 19.3 Å². The molecule has 4 nitrogen and oxygen atoms in total. The van der Waals surface area contributed by atoms with Gasteiger partial charge >= 0.3 is 0 Å². The number of morpholine rings is 1. The highest BCUT2D eigenvalue weighted by molar-refractivity contribution is 6.29. The first-order chi connectivity index (χ1) is 7.75. The van der Waals surface area contributed by atoms with Crippen LogP contribution in [0, 0.1) is 0 Å². The lowest BCUT2D eigenvalue weighted by atomic mass is 10.2. The van der Waals surface area contributed by atoms with Crippen LogP contribution in [0.25, 0.3) is 0 Å². The van der Waals surface area contributed by atoms with E-state index in [0.717, 1.165) is 5.56 Å². The Hall–Kier alpha value is -1.13. The molecule has 1 fully saturated rings. The maximum atomic E-state index is 11.9. The quantitative estimate of drug-likeness (QED) is 0.728. The molecule has 0 atom stereocenters. The summed E-state index contributed by atoms with van der Waals surface area (Å²) in [6, 6.07) is 3.53. The molecular weight excluding hydrogens is 228 g/mol. The minimum atomic E-state index is 0.116. The molecular formula is C11H13ClN2O2. The van der Waals surface area contributed by atoms with Crippen LogP contribution < -0.4 is 0 Å². The largest absolute Gasteiger partial charge is 0.378 e. The van der Waals surface area contributed by atoms with E-state index in [1.165, 1.54) is 0 Å². The van der Waals surface area contributed by atoms with E-state index in [4.69, 9.17) is 16.3 Å². The van der Waals surface area contributed by atoms with Gasteiger partial charge in [-0.15, -0.1) is 0 Å². The van der Waals surface area contributed by atoms with Crippen molar-refractivity contribution in [3.8, 4) is 0 Å². The van der Waals surface area contributed by atoms with Crippen LogP contribution in [0.1, 0.15) is 5.56 Å². The van der Waals surface area contributed by atoms with Crippen molar-refractivity contribution in [3.05, 3.63) is 29.0 Å². The Morgan fingerprint density at radius 3 is 2.94 bits per heavy atom. The summed E-state index contributed by atoms with van der Waals surface area (Å²) in [5.41, 5.74) is 0.900. The van der Waals surface area contributed by atoms with Crippen molar-refractivity contribution in [3.63, 3.8) is 0 Å². The number of carbonyl (C=O) groups is 1. The monoisotopic (exact) mass is 240 g/mol. The van der Waals surface area contributed by atoms with Gasteiger partial charge in [0.25, 0.3) is 0 Å². The summed E-state index contributed by atoms with van der Waals surface area (Å²) in [7, 11) is 0. The lowest BCUT2D eigenvalue weighted by molar-refractivity contribution is -0.134. The molecule has 0 spiro atoms. The second-order valence-electron chi connectivity index (χ2n) is 3.66. The Morgan fingerprint density at radius 2 is 2.25 bits per heavy atom.